The van der Waals surface area contributed by atoms with Crippen molar-refractivity contribution in [2.24, 2.45) is 5.92 Å². The minimum atomic E-state index is -4.14. The second kappa shape index (κ2) is 7.28. The third kappa shape index (κ3) is 5.14. The van der Waals surface area contributed by atoms with Crippen LogP contribution in [0, 0.1) is 11.7 Å². The van der Waals surface area contributed by atoms with Gasteiger partial charge in [0.25, 0.3) is 0 Å². The first-order valence-corrected chi connectivity index (χ1v) is 7.19. The molecule has 1 fully saturated rings. The highest BCUT2D eigenvalue weighted by atomic mass is 19.4. The summed E-state index contributed by atoms with van der Waals surface area (Å²) in [6.07, 6.45) is -3.39. The zero-order chi connectivity index (χ0) is 16.2. The molecule has 0 bridgehead atoms. The minimum Gasteiger partial charge on any atom is -0.494 e. The molecule has 0 aromatic heterocycles. The lowest BCUT2D eigenvalue weighted by molar-refractivity contribution is -0.143. The molecule has 0 radical (unpaired) electrons. The number of rotatable bonds is 6. The first-order valence-electron chi connectivity index (χ1n) is 7.19. The van der Waals surface area contributed by atoms with Crippen molar-refractivity contribution in [1.82, 2.24) is 10.2 Å². The Hall–Kier alpha value is -1.34. The van der Waals surface area contributed by atoms with E-state index in [4.69, 9.17) is 4.74 Å². The summed E-state index contributed by atoms with van der Waals surface area (Å²) in [5.74, 6) is -0.0215. The van der Waals surface area contributed by atoms with Gasteiger partial charge >= 0.3 is 6.18 Å². The maximum absolute atomic E-state index is 13.5. The van der Waals surface area contributed by atoms with Gasteiger partial charge in [0.1, 0.15) is 0 Å². The van der Waals surface area contributed by atoms with Crippen LogP contribution >= 0.6 is 0 Å². The van der Waals surface area contributed by atoms with Gasteiger partial charge < -0.3 is 10.1 Å². The molecular weight excluding hydrogens is 300 g/mol. The summed E-state index contributed by atoms with van der Waals surface area (Å²) in [6, 6.07) is 4.73. The van der Waals surface area contributed by atoms with Crippen LogP contribution in [0.4, 0.5) is 17.6 Å². The van der Waals surface area contributed by atoms with Crippen LogP contribution in [0.25, 0.3) is 0 Å². The molecule has 7 heteroatoms. The number of methoxy groups -OCH3 is 1. The Labute approximate surface area is 127 Å². The Kier molecular flexibility index (Phi) is 5.63. The number of nitrogens with one attached hydrogen (secondary N) is 1. The third-order valence-corrected chi connectivity index (χ3v) is 3.75. The highest BCUT2D eigenvalue weighted by Crippen LogP contribution is 2.22. The Morgan fingerprint density at radius 2 is 2.14 bits per heavy atom. The molecule has 1 N–H and O–H groups in total. The second-order valence-electron chi connectivity index (χ2n) is 5.60. The quantitative estimate of drug-likeness (QED) is 0.816. The third-order valence-electron chi connectivity index (χ3n) is 3.75. The van der Waals surface area contributed by atoms with Crippen molar-refractivity contribution in [3.8, 4) is 5.75 Å². The van der Waals surface area contributed by atoms with E-state index in [2.05, 4.69) is 5.32 Å². The standard InChI is InChI=1S/C15H20F4N2O/c1-22-14-3-2-11(6-13(14)16)7-20-8-12-4-5-21(9-12)10-15(17,18)19/h2-3,6,12,20H,4-5,7-10H2,1H3. The average Bonchev–Trinajstić information content (AvgIpc) is 2.84. The normalized spacial score (nSPS) is 19.6. The molecule has 3 nitrogen and oxygen atoms in total. The van der Waals surface area contributed by atoms with Crippen LogP contribution in [0.2, 0.25) is 0 Å². The van der Waals surface area contributed by atoms with Gasteiger partial charge in [-0.25, -0.2) is 4.39 Å². The maximum Gasteiger partial charge on any atom is 0.401 e. The summed E-state index contributed by atoms with van der Waals surface area (Å²) in [7, 11) is 1.41. The number of nitrogens with zero attached hydrogens (tertiary/aromatic N) is 1. The van der Waals surface area contributed by atoms with Crippen LogP contribution < -0.4 is 10.1 Å². The summed E-state index contributed by atoms with van der Waals surface area (Å²) in [5.41, 5.74) is 0.781. The van der Waals surface area contributed by atoms with Gasteiger partial charge in [-0.05, 0) is 43.1 Å². The van der Waals surface area contributed by atoms with Gasteiger partial charge in [0, 0.05) is 13.1 Å². The van der Waals surface area contributed by atoms with Crippen molar-refractivity contribution in [2.45, 2.75) is 19.1 Å². The predicted octanol–water partition coefficient (Wildman–Crippen LogP) is 2.81. The van der Waals surface area contributed by atoms with Crippen molar-refractivity contribution in [3.63, 3.8) is 0 Å². The van der Waals surface area contributed by atoms with Crippen LogP contribution in [-0.2, 0) is 6.54 Å². The molecule has 0 aliphatic carbocycles. The molecule has 124 valence electrons. The van der Waals surface area contributed by atoms with Crippen LogP contribution in [0.15, 0.2) is 18.2 Å². The Morgan fingerprint density at radius 1 is 1.36 bits per heavy atom. The van der Waals surface area contributed by atoms with E-state index in [0.717, 1.165) is 12.0 Å². The van der Waals surface area contributed by atoms with Crippen molar-refractivity contribution in [3.05, 3.63) is 29.6 Å². The number of hydrogen-bond acceptors (Lipinski definition) is 3. The van der Waals surface area contributed by atoms with Gasteiger partial charge in [0.05, 0.1) is 13.7 Å². The molecule has 0 spiro atoms. The molecule has 2 rings (SSSR count). The number of likely N-dealkylation sites (tertiary alicyclic amines) is 1. The fraction of sp³-hybridized carbons (Fsp3) is 0.600. The van der Waals surface area contributed by atoms with Crippen LogP contribution in [-0.4, -0.2) is 44.4 Å². The van der Waals surface area contributed by atoms with E-state index in [1.807, 2.05) is 0 Å². The van der Waals surface area contributed by atoms with Crippen LogP contribution in [0.1, 0.15) is 12.0 Å². The fourth-order valence-electron chi connectivity index (χ4n) is 2.72. The minimum absolute atomic E-state index is 0.197. The molecule has 1 aromatic rings. The molecule has 22 heavy (non-hydrogen) atoms. The summed E-state index contributed by atoms with van der Waals surface area (Å²) in [6.45, 7) is 1.19. The number of benzene rings is 1. The maximum atomic E-state index is 13.5. The first kappa shape index (κ1) is 17.0. The average molecular weight is 320 g/mol. The summed E-state index contributed by atoms with van der Waals surface area (Å²) >= 11 is 0. The second-order valence-corrected chi connectivity index (χ2v) is 5.60. The molecule has 1 atom stereocenters. The molecule has 1 unspecified atom stereocenters. The topological polar surface area (TPSA) is 24.5 Å². The lowest BCUT2D eigenvalue weighted by Gasteiger charge is -2.18. The van der Waals surface area contributed by atoms with Crippen molar-refractivity contribution < 1.29 is 22.3 Å². The molecule has 1 heterocycles. The fourth-order valence-corrected chi connectivity index (χ4v) is 2.72. The lowest BCUT2D eigenvalue weighted by atomic mass is 10.1. The van der Waals surface area contributed by atoms with E-state index in [-0.39, 0.29) is 11.7 Å². The summed E-state index contributed by atoms with van der Waals surface area (Å²) < 4.78 is 55.3. The zero-order valence-corrected chi connectivity index (χ0v) is 12.4. The van der Waals surface area contributed by atoms with Gasteiger partial charge in [0.15, 0.2) is 11.6 Å². The Bertz CT molecular complexity index is 493. The number of hydrogen-bond donors (Lipinski definition) is 1. The molecular formula is C15H20F4N2O. The first-order chi connectivity index (χ1) is 10.4. The molecule has 1 aliphatic rings. The van der Waals surface area contributed by atoms with Gasteiger partial charge in [-0.3, -0.25) is 4.90 Å². The number of alkyl halides is 3. The highest BCUT2D eigenvalue weighted by molar-refractivity contribution is 5.29. The molecule has 0 saturated carbocycles. The Balaban J connectivity index is 1.72. The zero-order valence-electron chi connectivity index (χ0n) is 12.4. The largest absolute Gasteiger partial charge is 0.494 e. The Morgan fingerprint density at radius 3 is 2.77 bits per heavy atom. The monoisotopic (exact) mass is 320 g/mol. The molecule has 1 saturated heterocycles. The molecule has 0 amide bonds. The van der Waals surface area contributed by atoms with Crippen LogP contribution in [0.5, 0.6) is 5.75 Å². The highest BCUT2D eigenvalue weighted by Gasteiger charge is 2.34. The van der Waals surface area contributed by atoms with Crippen molar-refractivity contribution >= 4 is 0 Å². The van der Waals surface area contributed by atoms with Crippen molar-refractivity contribution in [1.29, 1.82) is 0 Å². The van der Waals surface area contributed by atoms with E-state index in [9.17, 15) is 17.6 Å². The number of ether oxygens (including phenoxy) is 1. The van der Waals surface area contributed by atoms with E-state index in [1.54, 1.807) is 12.1 Å². The van der Waals surface area contributed by atoms with Crippen molar-refractivity contribution in [2.75, 3.05) is 33.3 Å². The van der Waals surface area contributed by atoms with Gasteiger partial charge in [-0.15, -0.1) is 0 Å². The lowest BCUT2D eigenvalue weighted by Crippen LogP contribution is -2.33. The van der Waals surface area contributed by atoms with E-state index < -0.39 is 18.5 Å². The summed E-state index contributed by atoms with van der Waals surface area (Å²) in [4.78, 5) is 1.43. The smallest absolute Gasteiger partial charge is 0.401 e. The number of halogens is 4. The SMILES string of the molecule is COc1ccc(CNCC2CCN(CC(F)(F)F)C2)cc1F. The summed E-state index contributed by atoms with van der Waals surface area (Å²) in [5, 5.41) is 3.18. The predicted molar refractivity (Wildman–Crippen MR) is 75.3 cm³/mol. The van der Waals surface area contributed by atoms with Gasteiger partial charge in [0.2, 0.25) is 0 Å². The molecule has 1 aromatic carbocycles. The van der Waals surface area contributed by atoms with Gasteiger partial charge in [-0.2, -0.15) is 13.2 Å². The molecule has 1 aliphatic heterocycles. The van der Waals surface area contributed by atoms with Gasteiger partial charge in [-0.1, -0.05) is 6.07 Å². The van der Waals surface area contributed by atoms with E-state index in [1.165, 1.54) is 18.1 Å². The van der Waals surface area contributed by atoms with E-state index >= 15 is 0 Å². The van der Waals surface area contributed by atoms with Crippen LogP contribution in [0.3, 0.4) is 0 Å². The van der Waals surface area contributed by atoms with E-state index in [0.29, 0.717) is 26.2 Å².